The van der Waals surface area contributed by atoms with Gasteiger partial charge in [-0.1, -0.05) is 12.1 Å². The van der Waals surface area contributed by atoms with Crippen LogP contribution < -0.4 is 5.32 Å². The van der Waals surface area contributed by atoms with Crippen molar-refractivity contribution in [3.8, 4) is 0 Å². The van der Waals surface area contributed by atoms with Gasteiger partial charge in [0.25, 0.3) is 0 Å². The van der Waals surface area contributed by atoms with Crippen LogP contribution in [0.2, 0.25) is 0 Å². The molecule has 1 aliphatic rings. The largest absolute Gasteiger partial charge is 0.444 e. The van der Waals surface area contributed by atoms with Gasteiger partial charge < -0.3 is 15.0 Å². The van der Waals surface area contributed by atoms with Gasteiger partial charge in [-0.05, 0) is 44.9 Å². The lowest BCUT2D eigenvalue weighted by Gasteiger charge is -2.30. The van der Waals surface area contributed by atoms with Crippen molar-refractivity contribution in [2.24, 2.45) is 0 Å². The molecule has 2 aromatic rings. The van der Waals surface area contributed by atoms with Crippen molar-refractivity contribution in [1.29, 1.82) is 0 Å². The highest BCUT2D eigenvalue weighted by molar-refractivity contribution is 5.68. The van der Waals surface area contributed by atoms with Gasteiger partial charge in [-0.15, -0.1) is 0 Å². The Labute approximate surface area is 158 Å². The number of hydrogen-bond acceptors (Lipinski definition) is 5. The summed E-state index contributed by atoms with van der Waals surface area (Å²) in [5.74, 6) is 0.322. The van der Waals surface area contributed by atoms with E-state index in [4.69, 9.17) is 4.74 Å². The highest BCUT2D eigenvalue weighted by Crippen LogP contribution is 2.20. The molecule has 1 amide bonds. The van der Waals surface area contributed by atoms with Gasteiger partial charge in [0.1, 0.15) is 11.4 Å². The summed E-state index contributed by atoms with van der Waals surface area (Å²) in [4.78, 5) is 22.8. The van der Waals surface area contributed by atoms with E-state index in [-0.39, 0.29) is 11.9 Å². The summed E-state index contributed by atoms with van der Waals surface area (Å²) in [7, 11) is 0. The summed E-state index contributed by atoms with van der Waals surface area (Å²) in [5.41, 5.74) is 2.29. The van der Waals surface area contributed by atoms with Crippen LogP contribution in [0.5, 0.6) is 0 Å². The van der Waals surface area contributed by atoms with Crippen LogP contribution in [-0.2, 0) is 24.1 Å². The number of ether oxygens (including phenoxy) is 1. The second-order valence-electron chi connectivity index (χ2n) is 7.62. The highest BCUT2D eigenvalue weighted by atomic mass is 19.1. The van der Waals surface area contributed by atoms with E-state index in [1.807, 2.05) is 26.8 Å². The molecule has 2 heterocycles. The zero-order chi connectivity index (χ0) is 19.4. The fraction of sp³-hybridized carbons (Fsp3) is 0.450. The Kier molecular flexibility index (Phi) is 5.58. The molecule has 0 saturated carbocycles. The number of fused-ring (bicyclic) bond motifs is 1. The first-order valence-corrected chi connectivity index (χ1v) is 9.11. The van der Waals surface area contributed by atoms with E-state index < -0.39 is 5.60 Å². The summed E-state index contributed by atoms with van der Waals surface area (Å²) >= 11 is 0. The van der Waals surface area contributed by atoms with E-state index in [1.54, 1.807) is 17.2 Å². The molecular formula is C20H25FN4O2. The van der Waals surface area contributed by atoms with E-state index in [1.165, 1.54) is 12.1 Å². The monoisotopic (exact) mass is 372 g/mol. The van der Waals surface area contributed by atoms with Crippen LogP contribution in [0, 0.1) is 5.82 Å². The minimum atomic E-state index is -0.511. The first-order valence-electron chi connectivity index (χ1n) is 9.11. The Morgan fingerprint density at radius 3 is 2.93 bits per heavy atom. The second-order valence-corrected chi connectivity index (χ2v) is 7.62. The third-order valence-corrected chi connectivity index (χ3v) is 4.17. The molecule has 1 aliphatic heterocycles. The number of hydrogen-bond donors (Lipinski definition) is 1. The van der Waals surface area contributed by atoms with Crippen LogP contribution in [0.15, 0.2) is 30.5 Å². The SMILES string of the molecule is CC(C)(C)OC(=O)N1CCc2nc(NCCc3cccc(F)c3)ncc2C1. The van der Waals surface area contributed by atoms with Gasteiger partial charge >= 0.3 is 6.09 Å². The molecule has 6 nitrogen and oxygen atoms in total. The molecule has 0 spiro atoms. The first-order chi connectivity index (χ1) is 12.8. The van der Waals surface area contributed by atoms with Gasteiger partial charge in [-0.3, -0.25) is 0 Å². The van der Waals surface area contributed by atoms with E-state index >= 15 is 0 Å². The number of nitrogens with one attached hydrogen (secondary N) is 1. The van der Waals surface area contributed by atoms with Crippen molar-refractivity contribution in [3.63, 3.8) is 0 Å². The third-order valence-electron chi connectivity index (χ3n) is 4.17. The second kappa shape index (κ2) is 7.90. The molecule has 1 aromatic carbocycles. The number of carbonyl (C=O) groups excluding carboxylic acids is 1. The van der Waals surface area contributed by atoms with Crippen LogP contribution in [0.1, 0.15) is 37.6 Å². The van der Waals surface area contributed by atoms with Gasteiger partial charge in [0.15, 0.2) is 0 Å². The normalized spacial score (nSPS) is 13.9. The standard InChI is InChI=1S/C20H25FN4O2/c1-20(2,3)27-19(26)25-10-8-17-15(13-25)12-23-18(24-17)22-9-7-14-5-4-6-16(21)11-14/h4-6,11-12H,7-10,13H2,1-3H3,(H,22,23,24). The fourth-order valence-electron chi connectivity index (χ4n) is 2.89. The van der Waals surface area contributed by atoms with E-state index in [9.17, 15) is 9.18 Å². The Balaban J connectivity index is 1.56. The Bertz CT molecular complexity index is 820. The summed E-state index contributed by atoms with van der Waals surface area (Å²) in [5, 5.41) is 3.18. The maximum Gasteiger partial charge on any atom is 0.410 e. The van der Waals surface area contributed by atoms with Crippen LogP contribution in [0.25, 0.3) is 0 Å². The number of benzene rings is 1. The maximum atomic E-state index is 13.2. The molecule has 27 heavy (non-hydrogen) atoms. The maximum absolute atomic E-state index is 13.2. The molecule has 0 unspecified atom stereocenters. The predicted octanol–water partition coefficient (Wildman–Crippen LogP) is 3.56. The molecule has 0 bridgehead atoms. The predicted molar refractivity (Wildman–Crippen MR) is 101 cm³/mol. The van der Waals surface area contributed by atoms with Crippen molar-refractivity contribution in [2.45, 2.75) is 45.8 Å². The molecule has 3 rings (SSSR count). The number of rotatable bonds is 4. The molecule has 0 aliphatic carbocycles. The zero-order valence-corrected chi connectivity index (χ0v) is 16.0. The number of carbonyl (C=O) groups is 1. The molecule has 0 saturated heterocycles. The Morgan fingerprint density at radius 2 is 2.19 bits per heavy atom. The lowest BCUT2D eigenvalue weighted by atomic mass is 10.1. The quantitative estimate of drug-likeness (QED) is 0.889. The molecule has 1 N–H and O–H groups in total. The lowest BCUT2D eigenvalue weighted by Crippen LogP contribution is -2.40. The smallest absolute Gasteiger partial charge is 0.410 e. The number of halogens is 1. The summed E-state index contributed by atoms with van der Waals surface area (Å²) in [6, 6.07) is 6.56. The molecule has 144 valence electrons. The molecule has 0 atom stereocenters. The van der Waals surface area contributed by atoms with E-state index in [2.05, 4.69) is 15.3 Å². The van der Waals surface area contributed by atoms with Gasteiger partial charge in [-0.2, -0.15) is 0 Å². The number of amides is 1. The zero-order valence-electron chi connectivity index (χ0n) is 16.0. The summed E-state index contributed by atoms with van der Waals surface area (Å²) in [6.07, 6.45) is 2.79. The first kappa shape index (κ1) is 19.1. The average molecular weight is 372 g/mol. The summed E-state index contributed by atoms with van der Waals surface area (Å²) in [6.45, 7) is 7.21. The van der Waals surface area contributed by atoms with Crippen LogP contribution in [0.4, 0.5) is 15.1 Å². The number of anilines is 1. The van der Waals surface area contributed by atoms with Crippen molar-refractivity contribution < 1.29 is 13.9 Å². The Morgan fingerprint density at radius 1 is 1.37 bits per heavy atom. The van der Waals surface area contributed by atoms with Gasteiger partial charge in [0.2, 0.25) is 5.95 Å². The number of nitrogens with zero attached hydrogens (tertiary/aromatic N) is 3. The molecule has 0 radical (unpaired) electrons. The van der Waals surface area contributed by atoms with Crippen LogP contribution in [0.3, 0.4) is 0 Å². The topological polar surface area (TPSA) is 67.3 Å². The van der Waals surface area contributed by atoms with E-state index in [0.717, 1.165) is 16.8 Å². The van der Waals surface area contributed by atoms with Gasteiger partial charge in [-0.25, -0.2) is 19.2 Å². The average Bonchev–Trinajstić information content (AvgIpc) is 2.60. The van der Waals surface area contributed by atoms with Crippen molar-refractivity contribution in [2.75, 3.05) is 18.4 Å². The van der Waals surface area contributed by atoms with Crippen LogP contribution in [-0.4, -0.2) is 39.7 Å². The molecule has 0 fully saturated rings. The lowest BCUT2D eigenvalue weighted by molar-refractivity contribution is 0.0222. The van der Waals surface area contributed by atoms with Crippen LogP contribution >= 0.6 is 0 Å². The molecular weight excluding hydrogens is 347 g/mol. The number of aromatic nitrogens is 2. The van der Waals surface area contributed by atoms with Gasteiger partial charge in [0, 0.05) is 31.3 Å². The van der Waals surface area contributed by atoms with E-state index in [0.29, 0.717) is 38.4 Å². The van der Waals surface area contributed by atoms with Crippen molar-refractivity contribution in [1.82, 2.24) is 14.9 Å². The fourth-order valence-corrected chi connectivity index (χ4v) is 2.89. The van der Waals surface area contributed by atoms with Crippen molar-refractivity contribution in [3.05, 3.63) is 53.1 Å². The van der Waals surface area contributed by atoms with Crippen molar-refractivity contribution >= 4 is 12.0 Å². The summed E-state index contributed by atoms with van der Waals surface area (Å²) < 4.78 is 18.6. The highest BCUT2D eigenvalue weighted by Gasteiger charge is 2.26. The Hall–Kier alpha value is -2.70. The molecule has 1 aromatic heterocycles. The minimum absolute atomic E-state index is 0.230. The van der Waals surface area contributed by atoms with Gasteiger partial charge in [0.05, 0.1) is 12.2 Å². The third kappa shape index (κ3) is 5.39. The minimum Gasteiger partial charge on any atom is -0.444 e. The molecule has 7 heteroatoms.